The molecule has 0 atom stereocenters. The van der Waals surface area contributed by atoms with Gasteiger partial charge in [-0.1, -0.05) is 0 Å². The number of carbonyl (C=O) groups excluding carboxylic acids is 4. The Hall–Kier alpha value is -2.12. The van der Waals surface area contributed by atoms with Crippen LogP contribution < -0.4 is 21.3 Å². The standard InChI is InChI=1S/C10H16N4O4/c15-7-1-2-11-8(16)5-9(17)14-6-10(18)13-4-3-12-7/h1-6H2,(H,11,16)(H,12,15)(H,13,18)(H,14,17). The normalized spacial score (nSPS) is 20.0. The van der Waals surface area contributed by atoms with Crippen molar-refractivity contribution in [2.45, 2.75) is 12.8 Å². The van der Waals surface area contributed by atoms with Gasteiger partial charge >= 0.3 is 0 Å². The average Bonchev–Trinajstić information content (AvgIpc) is 2.31. The summed E-state index contributed by atoms with van der Waals surface area (Å²) >= 11 is 0. The van der Waals surface area contributed by atoms with E-state index in [9.17, 15) is 19.2 Å². The summed E-state index contributed by atoms with van der Waals surface area (Å²) in [5.74, 6) is -1.58. The lowest BCUT2D eigenvalue weighted by Crippen LogP contribution is -2.42. The minimum absolute atomic E-state index is 0.140. The first-order valence-electron chi connectivity index (χ1n) is 5.64. The lowest BCUT2D eigenvalue weighted by Gasteiger charge is -2.10. The van der Waals surface area contributed by atoms with Crippen LogP contribution in [0.15, 0.2) is 0 Å². The summed E-state index contributed by atoms with van der Waals surface area (Å²) in [7, 11) is 0. The highest BCUT2D eigenvalue weighted by molar-refractivity contribution is 5.98. The third kappa shape index (κ3) is 5.83. The van der Waals surface area contributed by atoms with Crippen molar-refractivity contribution in [1.29, 1.82) is 0 Å². The molecule has 1 aliphatic heterocycles. The molecule has 0 aromatic heterocycles. The molecule has 0 unspecified atom stereocenters. The third-order valence-electron chi connectivity index (χ3n) is 2.21. The summed E-state index contributed by atoms with van der Waals surface area (Å²) in [6.07, 6.45) is -0.212. The van der Waals surface area contributed by atoms with Crippen molar-refractivity contribution in [2.24, 2.45) is 0 Å². The predicted molar refractivity (Wildman–Crippen MR) is 61.3 cm³/mol. The van der Waals surface area contributed by atoms with Gasteiger partial charge in [0.05, 0.1) is 6.54 Å². The van der Waals surface area contributed by atoms with Crippen molar-refractivity contribution < 1.29 is 19.2 Å². The lowest BCUT2D eigenvalue weighted by molar-refractivity contribution is -0.131. The Morgan fingerprint density at radius 2 is 1.17 bits per heavy atom. The number of hydrogen-bond acceptors (Lipinski definition) is 4. The van der Waals surface area contributed by atoms with Crippen LogP contribution in [0.4, 0.5) is 0 Å². The fraction of sp³-hybridized carbons (Fsp3) is 0.600. The molecule has 1 fully saturated rings. The van der Waals surface area contributed by atoms with Gasteiger partial charge in [0.25, 0.3) is 0 Å². The molecule has 0 spiro atoms. The molecule has 18 heavy (non-hydrogen) atoms. The van der Waals surface area contributed by atoms with Gasteiger partial charge in [-0.05, 0) is 0 Å². The summed E-state index contributed by atoms with van der Waals surface area (Å²) in [4.78, 5) is 45.0. The highest BCUT2D eigenvalue weighted by Gasteiger charge is 2.11. The van der Waals surface area contributed by atoms with Gasteiger partial charge < -0.3 is 21.3 Å². The van der Waals surface area contributed by atoms with Crippen molar-refractivity contribution in [3.8, 4) is 0 Å². The minimum Gasteiger partial charge on any atom is -0.355 e. The molecule has 100 valence electrons. The van der Waals surface area contributed by atoms with Gasteiger partial charge in [-0.2, -0.15) is 0 Å². The molecular weight excluding hydrogens is 240 g/mol. The Kier molecular flexibility index (Phi) is 5.62. The Bertz CT molecular complexity index is 356. The van der Waals surface area contributed by atoms with E-state index in [0.717, 1.165) is 0 Å². The molecule has 1 heterocycles. The number of rotatable bonds is 0. The van der Waals surface area contributed by atoms with E-state index in [1.165, 1.54) is 0 Å². The second kappa shape index (κ2) is 7.25. The smallest absolute Gasteiger partial charge is 0.239 e. The van der Waals surface area contributed by atoms with Gasteiger partial charge in [0.2, 0.25) is 23.6 Å². The molecule has 8 nitrogen and oxygen atoms in total. The van der Waals surface area contributed by atoms with Gasteiger partial charge in [0, 0.05) is 26.1 Å². The van der Waals surface area contributed by atoms with Crippen LogP contribution in [0.3, 0.4) is 0 Å². The molecule has 0 radical (unpaired) electrons. The summed E-state index contributed by atoms with van der Waals surface area (Å²) in [5.41, 5.74) is 0. The van der Waals surface area contributed by atoms with Crippen LogP contribution in [0, 0.1) is 0 Å². The number of amides is 4. The Labute approximate surface area is 104 Å². The predicted octanol–water partition coefficient (Wildman–Crippen LogP) is -2.75. The zero-order chi connectivity index (χ0) is 13.4. The minimum atomic E-state index is -0.524. The van der Waals surface area contributed by atoms with E-state index in [4.69, 9.17) is 0 Å². The first-order chi connectivity index (χ1) is 8.58. The number of nitrogens with one attached hydrogen (secondary N) is 4. The highest BCUT2D eigenvalue weighted by Crippen LogP contribution is 1.84. The van der Waals surface area contributed by atoms with Crippen LogP contribution in [-0.2, 0) is 19.2 Å². The van der Waals surface area contributed by atoms with E-state index in [0.29, 0.717) is 13.1 Å². The molecule has 1 saturated heterocycles. The molecule has 0 aromatic carbocycles. The van der Waals surface area contributed by atoms with E-state index in [1.54, 1.807) is 0 Å². The first kappa shape index (κ1) is 13.9. The van der Waals surface area contributed by atoms with Crippen LogP contribution in [0.25, 0.3) is 0 Å². The zero-order valence-electron chi connectivity index (χ0n) is 9.88. The van der Waals surface area contributed by atoms with E-state index >= 15 is 0 Å². The van der Waals surface area contributed by atoms with Crippen molar-refractivity contribution in [3.63, 3.8) is 0 Å². The molecule has 1 aliphatic rings. The Morgan fingerprint density at radius 3 is 1.89 bits per heavy atom. The molecule has 4 amide bonds. The van der Waals surface area contributed by atoms with Crippen molar-refractivity contribution >= 4 is 23.6 Å². The van der Waals surface area contributed by atoms with Crippen molar-refractivity contribution in [2.75, 3.05) is 26.2 Å². The maximum Gasteiger partial charge on any atom is 0.239 e. The second-order valence-corrected chi connectivity index (χ2v) is 3.75. The van der Waals surface area contributed by atoms with Crippen LogP contribution >= 0.6 is 0 Å². The number of carbonyl (C=O) groups is 4. The maximum absolute atomic E-state index is 11.3. The number of hydrogen-bond donors (Lipinski definition) is 4. The summed E-state index contributed by atoms with van der Waals surface area (Å²) in [6.45, 7) is 0.615. The maximum atomic E-state index is 11.3. The van der Waals surface area contributed by atoms with Gasteiger partial charge in [-0.25, -0.2) is 0 Å². The molecule has 0 saturated carbocycles. The Balaban J connectivity index is 2.47. The molecule has 4 N–H and O–H groups in total. The molecule has 0 aliphatic carbocycles. The van der Waals surface area contributed by atoms with Crippen LogP contribution in [0.2, 0.25) is 0 Å². The fourth-order valence-corrected chi connectivity index (χ4v) is 1.32. The van der Waals surface area contributed by atoms with Crippen LogP contribution in [0.5, 0.6) is 0 Å². The van der Waals surface area contributed by atoms with E-state index in [2.05, 4.69) is 21.3 Å². The summed E-state index contributed by atoms with van der Waals surface area (Å²) in [6, 6.07) is 0. The molecule has 1 rings (SSSR count). The summed E-state index contributed by atoms with van der Waals surface area (Å²) in [5, 5.41) is 9.88. The van der Waals surface area contributed by atoms with Gasteiger partial charge in [0.15, 0.2) is 0 Å². The van der Waals surface area contributed by atoms with Gasteiger partial charge in [-0.3, -0.25) is 19.2 Å². The van der Waals surface area contributed by atoms with Crippen molar-refractivity contribution in [3.05, 3.63) is 0 Å². The lowest BCUT2D eigenvalue weighted by atomic mass is 10.3. The third-order valence-corrected chi connectivity index (χ3v) is 2.21. The Morgan fingerprint density at radius 1 is 0.611 bits per heavy atom. The zero-order valence-corrected chi connectivity index (χ0v) is 9.88. The topological polar surface area (TPSA) is 116 Å². The highest BCUT2D eigenvalue weighted by atomic mass is 16.2. The SMILES string of the molecule is O=C1CCNC(=O)CC(=O)NCC(=O)NCCN1. The van der Waals surface area contributed by atoms with Gasteiger partial charge in [0.1, 0.15) is 6.42 Å². The molecular formula is C10H16N4O4. The van der Waals surface area contributed by atoms with Gasteiger partial charge in [-0.15, -0.1) is 0 Å². The van der Waals surface area contributed by atoms with E-state index in [1.807, 2.05) is 0 Å². The monoisotopic (exact) mass is 256 g/mol. The van der Waals surface area contributed by atoms with E-state index < -0.39 is 11.8 Å². The largest absolute Gasteiger partial charge is 0.355 e. The van der Waals surface area contributed by atoms with E-state index in [-0.39, 0.29) is 37.7 Å². The molecule has 0 bridgehead atoms. The summed E-state index contributed by atoms with van der Waals surface area (Å²) < 4.78 is 0. The fourth-order valence-electron chi connectivity index (χ4n) is 1.32. The average molecular weight is 256 g/mol. The van der Waals surface area contributed by atoms with Crippen LogP contribution in [0.1, 0.15) is 12.8 Å². The second-order valence-electron chi connectivity index (χ2n) is 3.75. The quantitative estimate of drug-likeness (QED) is 0.351. The van der Waals surface area contributed by atoms with Crippen molar-refractivity contribution in [1.82, 2.24) is 21.3 Å². The molecule has 0 aromatic rings. The van der Waals surface area contributed by atoms with Crippen LogP contribution in [-0.4, -0.2) is 49.8 Å². The molecule has 8 heteroatoms. The first-order valence-corrected chi connectivity index (χ1v) is 5.64.